The van der Waals surface area contributed by atoms with Crippen LogP contribution in [0.1, 0.15) is 30.1 Å². The molecular formula is C23H24ClN3O4. The minimum atomic E-state index is -0.704. The van der Waals surface area contributed by atoms with Gasteiger partial charge in [0.25, 0.3) is 5.91 Å². The van der Waals surface area contributed by atoms with E-state index < -0.39 is 12.1 Å². The summed E-state index contributed by atoms with van der Waals surface area (Å²) in [7, 11) is 0. The molecule has 2 heterocycles. The fourth-order valence-corrected chi connectivity index (χ4v) is 4.09. The lowest BCUT2D eigenvalue weighted by Crippen LogP contribution is -2.43. The van der Waals surface area contributed by atoms with E-state index in [1.54, 1.807) is 29.2 Å². The molecule has 1 N–H and O–H groups in total. The second-order valence-corrected chi connectivity index (χ2v) is 8.07. The summed E-state index contributed by atoms with van der Waals surface area (Å²) in [5.74, 6) is -0.377. The number of halogens is 1. The summed E-state index contributed by atoms with van der Waals surface area (Å²) in [6.45, 7) is 1.57. The SMILES string of the molecule is O=C(CCC1NC(=O)N(Cc2ccccc2Cl)C1=O)N1CCOC(c2ccccc2)C1. The van der Waals surface area contributed by atoms with Crippen LogP contribution < -0.4 is 5.32 Å². The number of rotatable bonds is 6. The van der Waals surface area contributed by atoms with Crippen LogP contribution in [-0.4, -0.2) is 53.4 Å². The van der Waals surface area contributed by atoms with Gasteiger partial charge in [-0.3, -0.25) is 14.5 Å². The Balaban J connectivity index is 1.31. The number of carbonyl (C=O) groups excluding carboxylic acids is 3. The Morgan fingerprint density at radius 1 is 1.10 bits per heavy atom. The molecule has 8 heteroatoms. The molecule has 2 aromatic rings. The van der Waals surface area contributed by atoms with E-state index in [-0.39, 0.29) is 37.3 Å². The third-order valence-corrected chi connectivity index (χ3v) is 6.00. The highest BCUT2D eigenvalue weighted by atomic mass is 35.5. The lowest BCUT2D eigenvalue weighted by atomic mass is 10.1. The van der Waals surface area contributed by atoms with Gasteiger partial charge < -0.3 is 15.0 Å². The number of imide groups is 1. The predicted octanol–water partition coefficient (Wildman–Crippen LogP) is 3.14. The molecule has 2 saturated heterocycles. The van der Waals surface area contributed by atoms with Crippen molar-refractivity contribution < 1.29 is 19.1 Å². The molecule has 0 spiro atoms. The Morgan fingerprint density at radius 3 is 2.61 bits per heavy atom. The van der Waals surface area contributed by atoms with E-state index in [0.29, 0.717) is 30.3 Å². The summed E-state index contributed by atoms with van der Waals surface area (Å²) in [4.78, 5) is 40.7. The van der Waals surface area contributed by atoms with Crippen LogP contribution in [0.15, 0.2) is 54.6 Å². The van der Waals surface area contributed by atoms with E-state index in [9.17, 15) is 14.4 Å². The van der Waals surface area contributed by atoms with Crippen LogP contribution >= 0.6 is 11.6 Å². The number of carbonyl (C=O) groups is 3. The molecule has 2 aliphatic heterocycles. The fraction of sp³-hybridized carbons (Fsp3) is 0.348. The minimum Gasteiger partial charge on any atom is -0.370 e. The van der Waals surface area contributed by atoms with Crippen LogP contribution in [0, 0.1) is 0 Å². The normalized spacial score (nSPS) is 21.3. The Hall–Kier alpha value is -2.90. The molecule has 4 amide bonds. The Labute approximate surface area is 185 Å². The summed E-state index contributed by atoms with van der Waals surface area (Å²) >= 11 is 6.15. The number of hydrogen-bond donors (Lipinski definition) is 1. The third kappa shape index (κ3) is 4.89. The lowest BCUT2D eigenvalue weighted by molar-refractivity contribution is -0.139. The first-order valence-corrected chi connectivity index (χ1v) is 10.7. The zero-order valence-corrected chi connectivity index (χ0v) is 17.8. The second-order valence-electron chi connectivity index (χ2n) is 7.67. The predicted molar refractivity (Wildman–Crippen MR) is 115 cm³/mol. The summed E-state index contributed by atoms with van der Waals surface area (Å²) in [6, 6.07) is 15.7. The first-order valence-electron chi connectivity index (χ1n) is 10.3. The van der Waals surface area contributed by atoms with Gasteiger partial charge in [0, 0.05) is 18.0 Å². The second kappa shape index (κ2) is 9.49. The maximum Gasteiger partial charge on any atom is 0.325 e. The van der Waals surface area contributed by atoms with Gasteiger partial charge in [-0.1, -0.05) is 60.1 Å². The van der Waals surface area contributed by atoms with Gasteiger partial charge in [0.2, 0.25) is 5.91 Å². The molecular weight excluding hydrogens is 418 g/mol. The number of ether oxygens (including phenoxy) is 1. The molecule has 2 aromatic carbocycles. The van der Waals surface area contributed by atoms with Crippen LogP contribution in [-0.2, 0) is 20.9 Å². The van der Waals surface area contributed by atoms with Crippen molar-refractivity contribution in [3.63, 3.8) is 0 Å². The fourth-order valence-electron chi connectivity index (χ4n) is 3.89. The van der Waals surface area contributed by atoms with Crippen LogP contribution in [0.4, 0.5) is 4.79 Å². The van der Waals surface area contributed by atoms with E-state index in [1.165, 1.54) is 0 Å². The van der Waals surface area contributed by atoms with Crippen molar-refractivity contribution in [2.75, 3.05) is 19.7 Å². The van der Waals surface area contributed by atoms with Crippen molar-refractivity contribution in [3.05, 3.63) is 70.7 Å². The molecule has 7 nitrogen and oxygen atoms in total. The molecule has 31 heavy (non-hydrogen) atoms. The monoisotopic (exact) mass is 441 g/mol. The molecule has 2 fully saturated rings. The van der Waals surface area contributed by atoms with Gasteiger partial charge in [-0.25, -0.2) is 4.79 Å². The number of hydrogen-bond acceptors (Lipinski definition) is 4. The number of morpholine rings is 1. The number of nitrogens with one attached hydrogen (secondary N) is 1. The van der Waals surface area contributed by atoms with Crippen molar-refractivity contribution in [1.82, 2.24) is 15.1 Å². The van der Waals surface area contributed by atoms with E-state index in [1.807, 2.05) is 30.3 Å². The smallest absolute Gasteiger partial charge is 0.325 e. The van der Waals surface area contributed by atoms with Gasteiger partial charge in [-0.05, 0) is 23.6 Å². The van der Waals surface area contributed by atoms with Gasteiger partial charge in [0.15, 0.2) is 0 Å². The third-order valence-electron chi connectivity index (χ3n) is 5.63. The summed E-state index contributed by atoms with van der Waals surface area (Å²) in [5, 5.41) is 3.19. The van der Waals surface area contributed by atoms with Crippen LogP contribution in [0.25, 0.3) is 0 Å². The van der Waals surface area contributed by atoms with Gasteiger partial charge in [0.1, 0.15) is 12.1 Å². The molecule has 0 radical (unpaired) electrons. The first kappa shape index (κ1) is 21.3. The van der Waals surface area contributed by atoms with E-state index in [2.05, 4.69) is 5.32 Å². The van der Waals surface area contributed by atoms with Crippen molar-refractivity contribution >= 4 is 29.4 Å². The minimum absolute atomic E-state index is 0.0455. The standard InChI is InChI=1S/C23H24ClN3O4/c24-18-9-5-4-8-17(18)14-27-22(29)19(25-23(27)30)10-11-21(28)26-12-13-31-20(15-26)16-6-2-1-3-7-16/h1-9,19-20H,10-15H2,(H,25,30). The largest absolute Gasteiger partial charge is 0.370 e. The molecule has 0 aromatic heterocycles. The molecule has 0 saturated carbocycles. The number of amides is 4. The quantitative estimate of drug-likeness (QED) is 0.698. The maximum atomic E-state index is 12.8. The topological polar surface area (TPSA) is 79.0 Å². The number of benzene rings is 2. The zero-order chi connectivity index (χ0) is 21.8. The van der Waals surface area contributed by atoms with Gasteiger partial charge >= 0.3 is 6.03 Å². The highest BCUT2D eigenvalue weighted by Crippen LogP contribution is 2.24. The molecule has 2 atom stereocenters. The summed E-state index contributed by atoms with van der Waals surface area (Å²) in [6.07, 6.45) is 0.284. The lowest BCUT2D eigenvalue weighted by Gasteiger charge is -2.33. The van der Waals surface area contributed by atoms with E-state index in [4.69, 9.17) is 16.3 Å². The number of urea groups is 1. The Kier molecular flexibility index (Phi) is 6.53. The van der Waals surface area contributed by atoms with Crippen LogP contribution in [0.3, 0.4) is 0 Å². The summed E-state index contributed by atoms with van der Waals surface area (Å²) < 4.78 is 5.81. The van der Waals surface area contributed by atoms with Gasteiger partial charge in [0.05, 0.1) is 19.7 Å². The van der Waals surface area contributed by atoms with Crippen molar-refractivity contribution in [2.24, 2.45) is 0 Å². The van der Waals surface area contributed by atoms with E-state index in [0.717, 1.165) is 10.5 Å². The highest BCUT2D eigenvalue weighted by molar-refractivity contribution is 6.31. The zero-order valence-electron chi connectivity index (χ0n) is 17.0. The van der Waals surface area contributed by atoms with Crippen molar-refractivity contribution in [2.45, 2.75) is 31.5 Å². The molecule has 2 aliphatic rings. The van der Waals surface area contributed by atoms with E-state index >= 15 is 0 Å². The molecule has 4 rings (SSSR count). The van der Waals surface area contributed by atoms with Crippen molar-refractivity contribution in [1.29, 1.82) is 0 Å². The van der Waals surface area contributed by atoms with Gasteiger partial charge in [-0.15, -0.1) is 0 Å². The Bertz CT molecular complexity index is 968. The van der Waals surface area contributed by atoms with Crippen LogP contribution in [0.2, 0.25) is 5.02 Å². The first-order chi connectivity index (χ1) is 15.0. The number of nitrogens with zero attached hydrogens (tertiary/aromatic N) is 2. The average molecular weight is 442 g/mol. The molecule has 0 bridgehead atoms. The molecule has 2 unspecified atom stereocenters. The average Bonchev–Trinajstić information content (AvgIpc) is 3.07. The molecule has 0 aliphatic carbocycles. The Morgan fingerprint density at radius 2 is 1.84 bits per heavy atom. The molecule has 162 valence electrons. The van der Waals surface area contributed by atoms with Crippen LogP contribution in [0.5, 0.6) is 0 Å². The highest BCUT2D eigenvalue weighted by Gasteiger charge is 2.38. The summed E-state index contributed by atoms with van der Waals surface area (Å²) in [5.41, 5.74) is 1.73. The van der Waals surface area contributed by atoms with Gasteiger partial charge in [-0.2, -0.15) is 0 Å². The van der Waals surface area contributed by atoms with Crippen molar-refractivity contribution in [3.8, 4) is 0 Å². The maximum absolute atomic E-state index is 12.8.